The highest BCUT2D eigenvalue weighted by molar-refractivity contribution is 5.84. The maximum absolute atomic E-state index is 12.3. The Kier molecular flexibility index (Phi) is 5.95. The molecule has 0 heterocycles. The molecule has 2 aromatic carbocycles. The number of benzene rings is 2. The summed E-state index contributed by atoms with van der Waals surface area (Å²) < 4.78 is 5.10. The largest absolute Gasteiger partial charge is 0.497 e. The lowest BCUT2D eigenvalue weighted by atomic mass is 9.97. The Morgan fingerprint density at radius 2 is 1.67 bits per heavy atom. The summed E-state index contributed by atoms with van der Waals surface area (Å²) in [5.41, 5.74) is 1.52. The molecule has 0 bridgehead atoms. The SMILES string of the molecule is COc1ccc([C@H](C)C(=O)NC[C@@H](C(=O)O)c2ccccc2)cc1. The quantitative estimate of drug-likeness (QED) is 0.820. The second kappa shape index (κ2) is 8.15. The lowest BCUT2D eigenvalue weighted by Gasteiger charge is -2.17. The van der Waals surface area contributed by atoms with Gasteiger partial charge in [0.2, 0.25) is 5.91 Å². The number of carbonyl (C=O) groups is 2. The number of methoxy groups -OCH3 is 1. The number of ether oxygens (including phenoxy) is 1. The van der Waals surface area contributed by atoms with Gasteiger partial charge in [0.25, 0.3) is 0 Å². The fourth-order valence-corrected chi connectivity index (χ4v) is 2.43. The van der Waals surface area contributed by atoms with Gasteiger partial charge >= 0.3 is 5.97 Å². The molecule has 0 aliphatic heterocycles. The maximum Gasteiger partial charge on any atom is 0.312 e. The summed E-state index contributed by atoms with van der Waals surface area (Å²) in [7, 11) is 1.58. The highest BCUT2D eigenvalue weighted by Gasteiger charge is 2.22. The van der Waals surface area contributed by atoms with Crippen molar-refractivity contribution in [3.8, 4) is 5.75 Å². The van der Waals surface area contributed by atoms with Crippen LogP contribution in [0, 0.1) is 0 Å². The molecular formula is C19H21NO4. The van der Waals surface area contributed by atoms with Crippen LogP contribution in [0.25, 0.3) is 0 Å². The summed E-state index contributed by atoms with van der Waals surface area (Å²) in [5, 5.41) is 12.1. The number of hydrogen-bond donors (Lipinski definition) is 2. The Balaban J connectivity index is 2.01. The van der Waals surface area contributed by atoms with Crippen LogP contribution in [0.2, 0.25) is 0 Å². The monoisotopic (exact) mass is 327 g/mol. The minimum Gasteiger partial charge on any atom is -0.497 e. The lowest BCUT2D eigenvalue weighted by Crippen LogP contribution is -2.34. The maximum atomic E-state index is 12.3. The van der Waals surface area contributed by atoms with Crippen molar-refractivity contribution >= 4 is 11.9 Å². The average molecular weight is 327 g/mol. The fourth-order valence-electron chi connectivity index (χ4n) is 2.43. The molecule has 0 saturated heterocycles. The first-order chi connectivity index (χ1) is 11.5. The van der Waals surface area contributed by atoms with Crippen LogP contribution in [0.1, 0.15) is 29.9 Å². The van der Waals surface area contributed by atoms with E-state index < -0.39 is 11.9 Å². The Labute approximate surface area is 141 Å². The number of carbonyl (C=O) groups excluding carboxylic acids is 1. The molecule has 0 saturated carbocycles. The van der Waals surface area contributed by atoms with Crippen molar-refractivity contribution in [3.63, 3.8) is 0 Å². The van der Waals surface area contributed by atoms with Crippen LogP contribution in [0.3, 0.4) is 0 Å². The molecule has 0 aliphatic carbocycles. The molecule has 2 aromatic rings. The number of hydrogen-bond acceptors (Lipinski definition) is 3. The third-order valence-electron chi connectivity index (χ3n) is 3.99. The van der Waals surface area contributed by atoms with Crippen molar-refractivity contribution in [2.24, 2.45) is 0 Å². The first-order valence-corrected chi connectivity index (χ1v) is 7.72. The first-order valence-electron chi connectivity index (χ1n) is 7.72. The molecule has 0 aliphatic rings. The number of rotatable bonds is 7. The van der Waals surface area contributed by atoms with Crippen LogP contribution < -0.4 is 10.1 Å². The summed E-state index contributed by atoms with van der Waals surface area (Å²) in [5.74, 6) is -1.58. The third kappa shape index (κ3) is 4.35. The number of amides is 1. The van der Waals surface area contributed by atoms with Crippen LogP contribution >= 0.6 is 0 Å². The van der Waals surface area contributed by atoms with E-state index in [1.165, 1.54) is 0 Å². The van der Waals surface area contributed by atoms with E-state index in [1.54, 1.807) is 50.4 Å². The van der Waals surface area contributed by atoms with Gasteiger partial charge in [-0.15, -0.1) is 0 Å². The van der Waals surface area contributed by atoms with E-state index >= 15 is 0 Å². The van der Waals surface area contributed by atoms with Crippen molar-refractivity contribution in [2.45, 2.75) is 18.8 Å². The molecule has 24 heavy (non-hydrogen) atoms. The standard InChI is InChI=1S/C19H21NO4/c1-13(14-8-10-16(24-2)11-9-14)18(21)20-12-17(19(22)23)15-6-4-3-5-7-15/h3-11,13,17H,12H2,1-2H3,(H,20,21)(H,22,23)/t13-,17+/m0/s1. The van der Waals surface area contributed by atoms with E-state index in [2.05, 4.69) is 5.32 Å². The van der Waals surface area contributed by atoms with Gasteiger partial charge in [0.15, 0.2) is 0 Å². The van der Waals surface area contributed by atoms with E-state index in [4.69, 9.17) is 4.74 Å². The first kappa shape index (κ1) is 17.5. The van der Waals surface area contributed by atoms with E-state index in [-0.39, 0.29) is 18.4 Å². The Morgan fingerprint density at radius 3 is 2.21 bits per heavy atom. The van der Waals surface area contributed by atoms with Crippen molar-refractivity contribution < 1.29 is 19.4 Å². The van der Waals surface area contributed by atoms with E-state index in [9.17, 15) is 14.7 Å². The number of carboxylic acid groups (broad SMARTS) is 1. The molecule has 0 unspecified atom stereocenters. The van der Waals surface area contributed by atoms with Crippen LogP contribution in [-0.2, 0) is 9.59 Å². The Hall–Kier alpha value is -2.82. The highest BCUT2D eigenvalue weighted by Crippen LogP contribution is 2.20. The second-order valence-corrected chi connectivity index (χ2v) is 5.54. The molecule has 5 nitrogen and oxygen atoms in total. The molecule has 0 spiro atoms. The van der Waals surface area contributed by atoms with Gasteiger partial charge in [0.05, 0.1) is 18.9 Å². The van der Waals surface area contributed by atoms with Crippen molar-refractivity contribution in [3.05, 3.63) is 65.7 Å². The fraction of sp³-hybridized carbons (Fsp3) is 0.263. The van der Waals surface area contributed by atoms with Crippen molar-refractivity contribution in [1.29, 1.82) is 0 Å². The summed E-state index contributed by atoms with van der Waals surface area (Å²) in [6.07, 6.45) is 0. The predicted octanol–water partition coefficient (Wildman–Crippen LogP) is 2.78. The number of nitrogens with one attached hydrogen (secondary N) is 1. The van der Waals surface area contributed by atoms with Gasteiger partial charge in [0, 0.05) is 6.54 Å². The van der Waals surface area contributed by atoms with Crippen LogP contribution in [0.5, 0.6) is 5.75 Å². The smallest absolute Gasteiger partial charge is 0.312 e. The molecule has 0 aromatic heterocycles. The summed E-state index contributed by atoms with van der Waals surface area (Å²) in [4.78, 5) is 23.8. The zero-order chi connectivity index (χ0) is 17.5. The molecule has 126 valence electrons. The molecule has 0 fully saturated rings. The summed E-state index contributed by atoms with van der Waals surface area (Å²) in [6, 6.07) is 16.1. The molecule has 2 rings (SSSR count). The van der Waals surface area contributed by atoms with Crippen LogP contribution in [0.4, 0.5) is 0 Å². The lowest BCUT2D eigenvalue weighted by molar-refractivity contribution is -0.138. The minimum absolute atomic E-state index is 0.0542. The van der Waals surface area contributed by atoms with Gasteiger partial charge in [-0.3, -0.25) is 9.59 Å². The molecule has 2 N–H and O–H groups in total. The predicted molar refractivity (Wildman–Crippen MR) is 91.2 cm³/mol. The summed E-state index contributed by atoms with van der Waals surface area (Å²) >= 11 is 0. The highest BCUT2D eigenvalue weighted by atomic mass is 16.5. The molecule has 5 heteroatoms. The zero-order valence-corrected chi connectivity index (χ0v) is 13.7. The normalized spacial score (nSPS) is 12.9. The van der Waals surface area contributed by atoms with Gasteiger partial charge in [-0.2, -0.15) is 0 Å². The Morgan fingerprint density at radius 1 is 1.04 bits per heavy atom. The Bertz CT molecular complexity index is 682. The number of carboxylic acids is 1. The van der Waals surface area contributed by atoms with Crippen LogP contribution in [0.15, 0.2) is 54.6 Å². The van der Waals surface area contributed by atoms with Gasteiger partial charge in [-0.25, -0.2) is 0 Å². The van der Waals surface area contributed by atoms with Crippen molar-refractivity contribution in [1.82, 2.24) is 5.32 Å². The second-order valence-electron chi connectivity index (χ2n) is 5.54. The minimum atomic E-state index is -0.960. The van der Waals surface area contributed by atoms with Gasteiger partial charge < -0.3 is 15.2 Å². The molecular weight excluding hydrogens is 306 g/mol. The van der Waals surface area contributed by atoms with Gasteiger partial charge in [-0.1, -0.05) is 42.5 Å². The number of aliphatic carboxylic acids is 1. The van der Waals surface area contributed by atoms with Crippen molar-refractivity contribution in [2.75, 3.05) is 13.7 Å². The molecule has 1 amide bonds. The summed E-state index contributed by atoms with van der Waals surface area (Å²) in [6.45, 7) is 1.84. The van der Waals surface area contributed by atoms with E-state index in [0.29, 0.717) is 5.56 Å². The van der Waals surface area contributed by atoms with E-state index in [0.717, 1.165) is 11.3 Å². The third-order valence-corrected chi connectivity index (χ3v) is 3.99. The van der Waals surface area contributed by atoms with Crippen LogP contribution in [-0.4, -0.2) is 30.6 Å². The topological polar surface area (TPSA) is 75.6 Å². The van der Waals surface area contributed by atoms with Gasteiger partial charge in [-0.05, 0) is 30.2 Å². The molecule has 2 atom stereocenters. The average Bonchev–Trinajstić information content (AvgIpc) is 2.61. The van der Waals surface area contributed by atoms with E-state index in [1.807, 2.05) is 18.2 Å². The zero-order valence-electron chi connectivity index (χ0n) is 13.7. The molecule has 0 radical (unpaired) electrons. The van der Waals surface area contributed by atoms with Gasteiger partial charge in [0.1, 0.15) is 5.75 Å².